The summed E-state index contributed by atoms with van der Waals surface area (Å²) in [6.45, 7) is 0. The maximum absolute atomic E-state index is 10.4. The molecule has 1 N–H and O–H groups in total. The molecule has 0 amide bonds. The topological polar surface area (TPSA) is 58.9 Å². The molecule has 0 unspecified atom stereocenters. The van der Waals surface area contributed by atoms with Gasteiger partial charge in [-0.25, -0.2) is 4.98 Å². The van der Waals surface area contributed by atoms with Crippen molar-refractivity contribution in [2.24, 2.45) is 0 Å². The van der Waals surface area contributed by atoms with Gasteiger partial charge < -0.3 is 5.11 Å². The molecule has 0 aliphatic carbocycles. The summed E-state index contributed by atoms with van der Waals surface area (Å²) in [5.41, 5.74) is 3.85. The van der Waals surface area contributed by atoms with E-state index in [0.29, 0.717) is 17.1 Å². The van der Waals surface area contributed by atoms with Crippen LogP contribution in [-0.2, 0) is 21.1 Å². The molecule has 0 aliphatic rings. The Balaban J connectivity index is 0.00000259. The summed E-state index contributed by atoms with van der Waals surface area (Å²) in [5.74, 6) is 0.729. The number of benzene rings is 3. The third-order valence-corrected chi connectivity index (χ3v) is 5.75. The van der Waals surface area contributed by atoms with Gasteiger partial charge in [0.05, 0.1) is 22.2 Å². The molecule has 3 aromatic carbocycles. The van der Waals surface area contributed by atoms with Gasteiger partial charge in [0, 0.05) is 32.8 Å². The Morgan fingerprint density at radius 3 is 2.27 bits per heavy atom. The third kappa shape index (κ3) is 5.39. The van der Waals surface area contributed by atoms with E-state index in [1.807, 2.05) is 84.9 Å². The number of hydrogen-bond acceptors (Lipinski definition) is 5. The number of pyridine rings is 1. The van der Waals surface area contributed by atoms with Crippen LogP contribution in [0.4, 0.5) is 0 Å². The van der Waals surface area contributed by atoms with Crippen LogP contribution in [-0.4, -0.2) is 20.1 Å². The smallest absolute Gasteiger partial charge is 0.124 e. The van der Waals surface area contributed by atoms with Gasteiger partial charge in [-0.15, -0.1) is 29.8 Å². The molecule has 164 valence electrons. The van der Waals surface area contributed by atoms with E-state index in [0.717, 1.165) is 26.7 Å². The van der Waals surface area contributed by atoms with Gasteiger partial charge in [0.1, 0.15) is 5.75 Å². The van der Waals surface area contributed by atoms with Gasteiger partial charge in [0.2, 0.25) is 0 Å². The standard InChI is InChI=1S/C27H18N3OS.Pt/c31-25-14-5-4-13-22(25)24-18-23(19-9-2-1-3-10-19)29-27(30-24)20-11-8-12-21(17-20)32-26-15-6-7-16-28-26;/h1-16,18,31H;/q-1;. The number of aromatic nitrogens is 3. The molecular formula is C27H18N3OPtS-. The Morgan fingerprint density at radius 2 is 1.48 bits per heavy atom. The Labute approximate surface area is 211 Å². The zero-order chi connectivity index (χ0) is 21.8. The molecule has 0 saturated carbocycles. The summed E-state index contributed by atoms with van der Waals surface area (Å²) in [5, 5.41) is 11.3. The Kier molecular flexibility index (Phi) is 7.33. The molecule has 0 aliphatic heterocycles. The van der Waals surface area contributed by atoms with Gasteiger partial charge in [-0.05, 0) is 35.9 Å². The Hall–Kier alpha value is -3.27. The molecule has 6 heteroatoms. The summed E-state index contributed by atoms with van der Waals surface area (Å²) in [7, 11) is 0. The minimum atomic E-state index is 0. The van der Waals surface area contributed by atoms with Crippen LogP contribution in [0.15, 0.2) is 113 Å². The Morgan fingerprint density at radius 1 is 0.727 bits per heavy atom. The largest absolute Gasteiger partial charge is 0.507 e. The summed E-state index contributed by atoms with van der Waals surface area (Å²) in [6.07, 6.45) is 1.78. The summed E-state index contributed by atoms with van der Waals surface area (Å²) in [4.78, 5) is 14.9. The minimum Gasteiger partial charge on any atom is -0.507 e. The van der Waals surface area contributed by atoms with Crippen LogP contribution in [0.25, 0.3) is 33.9 Å². The number of phenolic OH excluding ortho intramolecular Hbond substituents is 1. The second-order valence-corrected chi connectivity index (χ2v) is 8.11. The van der Waals surface area contributed by atoms with E-state index in [1.165, 1.54) is 11.8 Å². The van der Waals surface area contributed by atoms with Crippen LogP contribution in [0.2, 0.25) is 0 Å². The predicted molar refractivity (Wildman–Crippen MR) is 127 cm³/mol. The van der Waals surface area contributed by atoms with Crippen LogP contribution in [0.3, 0.4) is 0 Å². The van der Waals surface area contributed by atoms with E-state index >= 15 is 0 Å². The molecule has 0 fully saturated rings. The molecule has 0 bridgehead atoms. The zero-order valence-electron chi connectivity index (χ0n) is 17.3. The number of rotatable bonds is 5. The van der Waals surface area contributed by atoms with Crippen molar-refractivity contribution in [3.63, 3.8) is 0 Å². The van der Waals surface area contributed by atoms with Crippen LogP contribution in [0.1, 0.15) is 0 Å². The molecule has 5 rings (SSSR count). The fourth-order valence-electron chi connectivity index (χ4n) is 3.31. The first-order valence-electron chi connectivity index (χ1n) is 10.1. The quantitative estimate of drug-likeness (QED) is 0.225. The first-order valence-corrected chi connectivity index (χ1v) is 10.9. The van der Waals surface area contributed by atoms with Gasteiger partial charge in [0.15, 0.2) is 0 Å². The van der Waals surface area contributed by atoms with E-state index in [2.05, 4.69) is 11.1 Å². The van der Waals surface area contributed by atoms with Crippen LogP contribution >= 0.6 is 11.8 Å². The number of para-hydroxylation sites is 1. The maximum atomic E-state index is 10.4. The van der Waals surface area contributed by atoms with Crippen molar-refractivity contribution < 1.29 is 26.2 Å². The minimum absolute atomic E-state index is 0. The SMILES string of the molecule is Oc1ccccc1-c1cc(-c2ccccc2)nc(-c2[c-]c(Sc3ccccn3)ccc2)n1.[Pt]. The zero-order valence-corrected chi connectivity index (χ0v) is 20.4. The monoisotopic (exact) mass is 627 g/mol. The number of phenols is 1. The number of hydrogen-bond donors (Lipinski definition) is 1. The van der Waals surface area contributed by atoms with Crippen molar-refractivity contribution in [2.75, 3.05) is 0 Å². The van der Waals surface area contributed by atoms with Crippen molar-refractivity contribution in [2.45, 2.75) is 9.92 Å². The molecule has 0 saturated heterocycles. The molecule has 0 spiro atoms. The fraction of sp³-hybridized carbons (Fsp3) is 0. The first kappa shape index (κ1) is 22.9. The van der Waals surface area contributed by atoms with Crippen molar-refractivity contribution in [3.8, 4) is 39.7 Å². The van der Waals surface area contributed by atoms with E-state index < -0.39 is 0 Å². The molecular weight excluding hydrogens is 609 g/mol. The second kappa shape index (κ2) is 10.6. The second-order valence-electron chi connectivity index (χ2n) is 7.04. The van der Waals surface area contributed by atoms with Crippen molar-refractivity contribution >= 4 is 11.8 Å². The summed E-state index contributed by atoms with van der Waals surface area (Å²) < 4.78 is 0. The van der Waals surface area contributed by atoms with Crippen LogP contribution in [0.5, 0.6) is 5.75 Å². The number of nitrogens with zero attached hydrogens (tertiary/aromatic N) is 3. The maximum Gasteiger partial charge on any atom is 0.124 e. The van der Waals surface area contributed by atoms with E-state index in [4.69, 9.17) is 9.97 Å². The molecule has 5 aromatic rings. The van der Waals surface area contributed by atoms with E-state index in [1.54, 1.807) is 18.3 Å². The number of aromatic hydroxyl groups is 1. The van der Waals surface area contributed by atoms with Crippen molar-refractivity contribution in [1.82, 2.24) is 15.0 Å². The van der Waals surface area contributed by atoms with Crippen LogP contribution < -0.4 is 0 Å². The summed E-state index contributed by atoms with van der Waals surface area (Å²) in [6, 6.07) is 34.2. The van der Waals surface area contributed by atoms with Gasteiger partial charge in [-0.3, -0.25) is 9.97 Å². The van der Waals surface area contributed by atoms with Gasteiger partial charge >= 0.3 is 0 Å². The normalized spacial score (nSPS) is 10.4. The average molecular weight is 628 g/mol. The van der Waals surface area contributed by atoms with Crippen molar-refractivity contribution in [3.05, 3.63) is 109 Å². The third-order valence-electron chi connectivity index (χ3n) is 4.84. The molecule has 0 radical (unpaired) electrons. The van der Waals surface area contributed by atoms with Gasteiger partial charge in [-0.1, -0.05) is 65.2 Å². The molecule has 0 atom stereocenters. The molecule has 2 heterocycles. The predicted octanol–water partition coefficient (Wildman–Crippen LogP) is 6.53. The van der Waals surface area contributed by atoms with Crippen molar-refractivity contribution in [1.29, 1.82) is 0 Å². The van der Waals surface area contributed by atoms with E-state index in [-0.39, 0.29) is 26.8 Å². The molecule has 33 heavy (non-hydrogen) atoms. The van der Waals surface area contributed by atoms with E-state index in [9.17, 15) is 5.11 Å². The summed E-state index contributed by atoms with van der Waals surface area (Å²) >= 11 is 1.54. The van der Waals surface area contributed by atoms with Gasteiger partial charge in [0.25, 0.3) is 0 Å². The average Bonchev–Trinajstić information content (AvgIpc) is 2.85. The molecule has 4 nitrogen and oxygen atoms in total. The van der Waals surface area contributed by atoms with Gasteiger partial charge in [-0.2, -0.15) is 0 Å². The first-order chi connectivity index (χ1) is 15.8. The van der Waals surface area contributed by atoms with Crippen LogP contribution in [0, 0.1) is 6.07 Å². The Bertz CT molecular complexity index is 1360. The molecule has 2 aromatic heterocycles. The fourth-order valence-corrected chi connectivity index (χ4v) is 4.10.